The average molecular weight is 269 g/mol. The third kappa shape index (κ3) is 3.17. The van der Waals surface area contributed by atoms with Crippen molar-refractivity contribution in [2.24, 2.45) is 0 Å². The van der Waals surface area contributed by atoms with Gasteiger partial charge in [0.2, 0.25) is 0 Å². The van der Waals surface area contributed by atoms with Crippen molar-refractivity contribution in [2.75, 3.05) is 19.6 Å². The van der Waals surface area contributed by atoms with E-state index in [4.69, 9.17) is 4.74 Å². The number of benzene rings is 2. The van der Waals surface area contributed by atoms with Gasteiger partial charge in [-0.05, 0) is 48.8 Å². The van der Waals surface area contributed by atoms with Crippen LogP contribution in [-0.2, 0) is 4.79 Å². The first-order valence-corrected chi connectivity index (χ1v) is 7.23. The van der Waals surface area contributed by atoms with Gasteiger partial charge in [0, 0.05) is 0 Å². The Morgan fingerprint density at radius 3 is 2.55 bits per heavy atom. The maximum atomic E-state index is 12.0. The van der Waals surface area contributed by atoms with Crippen molar-refractivity contribution in [3.05, 3.63) is 42.5 Å². The molecule has 20 heavy (non-hydrogen) atoms. The zero-order valence-corrected chi connectivity index (χ0v) is 11.5. The quantitative estimate of drug-likeness (QED) is 0.633. The molecule has 2 aromatic carbocycles. The van der Waals surface area contributed by atoms with E-state index in [-0.39, 0.29) is 5.97 Å². The zero-order chi connectivity index (χ0) is 13.8. The van der Waals surface area contributed by atoms with E-state index < -0.39 is 0 Å². The van der Waals surface area contributed by atoms with Crippen LogP contribution in [0.2, 0.25) is 0 Å². The third-order valence-electron chi connectivity index (χ3n) is 3.75. The molecule has 0 saturated carbocycles. The SMILES string of the molecule is O=C(CN1CCCCC1)Oc1ccc2ccccc2c1. The minimum atomic E-state index is -0.165. The third-order valence-corrected chi connectivity index (χ3v) is 3.75. The fourth-order valence-electron chi connectivity index (χ4n) is 2.69. The molecule has 3 heteroatoms. The molecule has 0 aromatic heterocycles. The number of esters is 1. The summed E-state index contributed by atoms with van der Waals surface area (Å²) in [6.45, 7) is 2.41. The zero-order valence-electron chi connectivity index (χ0n) is 11.5. The van der Waals surface area contributed by atoms with Gasteiger partial charge >= 0.3 is 5.97 Å². The van der Waals surface area contributed by atoms with E-state index in [9.17, 15) is 4.79 Å². The number of hydrogen-bond acceptors (Lipinski definition) is 3. The van der Waals surface area contributed by atoms with Crippen LogP contribution in [0, 0.1) is 0 Å². The summed E-state index contributed by atoms with van der Waals surface area (Å²) in [6, 6.07) is 13.8. The first kappa shape index (κ1) is 13.1. The highest BCUT2D eigenvalue weighted by molar-refractivity contribution is 5.84. The van der Waals surface area contributed by atoms with Crippen molar-refractivity contribution in [3.63, 3.8) is 0 Å². The molecule has 3 nitrogen and oxygen atoms in total. The Hall–Kier alpha value is -1.87. The number of fused-ring (bicyclic) bond motifs is 1. The van der Waals surface area contributed by atoms with Gasteiger partial charge in [-0.15, -0.1) is 0 Å². The van der Waals surface area contributed by atoms with Crippen LogP contribution >= 0.6 is 0 Å². The van der Waals surface area contributed by atoms with Crippen LogP contribution in [-0.4, -0.2) is 30.5 Å². The molecule has 0 radical (unpaired) electrons. The second kappa shape index (κ2) is 6.06. The molecular formula is C17H19NO2. The largest absolute Gasteiger partial charge is 0.426 e. The molecule has 0 amide bonds. The Morgan fingerprint density at radius 1 is 1.00 bits per heavy atom. The summed E-state index contributed by atoms with van der Waals surface area (Å²) < 4.78 is 5.44. The van der Waals surface area contributed by atoms with Crippen molar-refractivity contribution in [3.8, 4) is 5.75 Å². The smallest absolute Gasteiger partial charge is 0.325 e. The number of nitrogens with zero attached hydrogens (tertiary/aromatic N) is 1. The summed E-state index contributed by atoms with van der Waals surface area (Å²) in [5.41, 5.74) is 0. The molecule has 1 aliphatic heterocycles. The van der Waals surface area contributed by atoms with Crippen molar-refractivity contribution < 1.29 is 9.53 Å². The van der Waals surface area contributed by atoms with Gasteiger partial charge in [-0.3, -0.25) is 9.69 Å². The van der Waals surface area contributed by atoms with Crippen molar-refractivity contribution >= 4 is 16.7 Å². The van der Waals surface area contributed by atoms with Crippen LogP contribution in [0.4, 0.5) is 0 Å². The Labute approximate surface area is 119 Å². The topological polar surface area (TPSA) is 29.5 Å². The van der Waals surface area contributed by atoms with Gasteiger partial charge in [0.25, 0.3) is 0 Å². The van der Waals surface area contributed by atoms with E-state index in [0.29, 0.717) is 12.3 Å². The summed E-state index contributed by atoms with van der Waals surface area (Å²) in [5, 5.41) is 2.25. The number of hydrogen-bond donors (Lipinski definition) is 0. The Kier molecular flexibility index (Phi) is 3.97. The number of carbonyl (C=O) groups is 1. The predicted molar refractivity (Wildman–Crippen MR) is 79.9 cm³/mol. The summed E-state index contributed by atoms with van der Waals surface area (Å²) in [4.78, 5) is 14.1. The number of carbonyl (C=O) groups excluding carboxylic acids is 1. The second-order valence-electron chi connectivity index (χ2n) is 5.32. The van der Waals surface area contributed by atoms with E-state index in [1.807, 2.05) is 36.4 Å². The van der Waals surface area contributed by atoms with Gasteiger partial charge in [0.05, 0.1) is 6.54 Å². The lowest BCUT2D eigenvalue weighted by Gasteiger charge is -2.25. The van der Waals surface area contributed by atoms with Crippen LogP contribution in [0.5, 0.6) is 5.75 Å². The van der Waals surface area contributed by atoms with Gasteiger partial charge in [0.15, 0.2) is 0 Å². The minimum absolute atomic E-state index is 0.165. The molecule has 3 rings (SSSR count). The molecule has 1 aliphatic rings. The van der Waals surface area contributed by atoms with Crippen molar-refractivity contribution in [1.29, 1.82) is 0 Å². The predicted octanol–water partition coefficient (Wildman–Crippen LogP) is 3.23. The fraction of sp³-hybridized carbons (Fsp3) is 0.353. The molecule has 0 bridgehead atoms. The molecule has 1 fully saturated rings. The second-order valence-corrected chi connectivity index (χ2v) is 5.32. The molecule has 0 unspecified atom stereocenters. The van der Waals surface area contributed by atoms with Crippen molar-refractivity contribution in [1.82, 2.24) is 4.90 Å². The Morgan fingerprint density at radius 2 is 1.75 bits per heavy atom. The van der Waals surface area contributed by atoms with E-state index in [0.717, 1.165) is 23.9 Å². The maximum absolute atomic E-state index is 12.0. The summed E-state index contributed by atoms with van der Waals surface area (Å²) >= 11 is 0. The highest BCUT2D eigenvalue weighted by Crippen LogP contribution is 2.20. The Balaban J connectivity index is 1.64. The molecule has 104 valence electrons. The molecular weight excluding hydrogens is 250 g/mol. The normalized spacial score (nSPS) is 16.2. The summed E-state index contributed by atoms with van der Waals surface area (Å²) in [5.74, 6) is 0.466. The average Bonchev–Trinajstić information content (AvgIpc) is 2.48. The molecule has 1 heterocycles. The standard InChI is InChI=1S/C17H19NO2/c19-17(13-18-10-4-1-5-11-18)20-16-9-8-14-6-2-3-7-15(14)12-16/h2-3,6-9,12H,1,4-5,10-11,13H2. The van der Waals surface area contributed by atoms with E-state index in [2.05, 4.69) is 11.0 Å². The minimum Gasteiger partial charge on any atom is -0.426 e. The first-order valence-electron chi connectivity index (χ1n) is 7.23. The highest BCUT2D eigenvalue weighted by Gasteiger charge is 2.15. The lowest BCUT2D eigenvalue weighted by Crippen LogP contribution is -2.36. The van der Waals surface area contributed by atoms with Gasteiger partial charge < -0.3 is 4.74 Å². The van der Waals surface area contributed by atoms with Crippen LogP contribution in [0.15, 0.2) is 42.5 Å². The van der Waals surface area contributed by atoms with Gasteiger partial charge in [0.1, 0.15) is 5.75 Å². The van der Waals surface area contributed by atoms with Gasteiger partial charge in [-0.2, -0.15) is 0 Å². The molecule has 0 aliphatic carbocycles. The highest BCUT2D eigenvalue weighted by atomic mass is 16.5. The van der Waals surface area contributed by atoms with Gasteiger partial charge in [-0.1, -0.05) is 36.8 Å². The lowest BCUT2D eigenvalue weighted by molar-refractivity contribution is -0.135. The van der Waals surface area contributed by atoms with E-state index in [1.54, 1.807) is 0 Å². The monoisotopic (exact) mass is 269 g/mol. The molecule has 2 aromatic rings. The summed E-state index contributed by atoms with van der Waals surface area (Å²) in [6.07, 6.45) is 3.64. The maximum Gasteiger partial charge on any atom is 0.325 e. The Bertz CT molecular complexity index is 603. The van der Waals surface area contributed by atoms with Crippen LogP contribution in [0.25, 0.3) is 10.8 Å². The number of likely N-dealkylation sites (tertiary alicyclic amines) is 1. The molecule has 0 atom stereocenters. The van der Waals surface area contributed by atoms with Gasteiger partial charge in [-0.25, -0.2) is 0 Å². The number of ether oxygens (including phenoxy) is 1. The van der Waals surface area contributed by atoms with Crippen molar-refractivity contribution in [2.45, 2.75) is 19.3 Å². The molecule has 0 N–H and O–H groups in total. The van der Waals surface area contributed by atoms with E-state index >= 15 is 0 Å². The molecule has 1 saturated heterocycles. The first-order chi connectivity index (χ1) is 9.81. The summed E-state index contributed by atoms with van der Waals surface area (Å²) in [7, 11) is 0. The van der Waals surface area contributed by atoms with Crippen LogP contribution in [0.1, 0.15) is 19.3 Å². The van der Waals surface area contributed by atoms with Crippen LogP contribution in [0.3, 0.4) is 0 Å². The molecule has 0 spiro atoms. The van der Waals surface area contributed by atoms with E-state index in [1.165, 1.54) is 19.3 Å². The fourth-order valence-corrected chi connectivity index (χ4v) is 2.69. The number of rotatable bonds is 3. The van der Waals surface area contributed by atoms with Crippen LogP contribution < -0.4 is 4.74 Å². The number of piperidine rings is 1. The lowest BCUT2D eigenvalue weighted by atomic mass is 10.1.